The number of carbonyl (C=O) groups excluding carboxylic acids is 1. The van der Waals surface area contributed by atoms with E-state index in [-0.39, 0.29) is 17.8 Å². The summed E-state index contributed by atoms with van der Waals surface area (Å²) in [6.45, 7) is 0. The maximum absolute atomic E-state index is 13.5. The summed E-state index contributed by atoms with van der Waals surface area (Å²) in [7, 11) is 0. The van der Waals surface area contributed by atoms with E-state index in [0.717, 1.165) is 22.6 Å². The van der Waals surface area contributed by atoms with Gasteiger partial charge in [-0.15, -0.1) is 11.8 Å². The lowest BCUT2D eigenvalue weighted by molar-refractivity contribution is 0.0989. The van der Waals surface area contributed by atoms with E-state index in [1.54, 1.807) is 11.8 Å². The van der Waals surface area contributed by atoms with Gasteiger partial charge < -0.3 is 0 Å². The van der Waals surface area contributed by atoms with Gasteiger partial charge in [0.15, 0.2) is 5.78 Å². The van der Waals surface area contributed by atoms with Crippen molar-refractivity contribution in [3.63, 3.8) is 0 Å². The number of carbonyl (C=O) groups is 1. The Morgan fingerprint density at radius 2 is 1.79 bits per heavy atom. The van der Waals surface area contributed by atoms with Gasteiger partial charge in [-0.25, -0.2) is 8.78 Å². The predicted octanol–water partition coefficient (Wildman–Crippen LogP) is 4.11. The number of ketones is 1. The summed E-state index contributed by atoms with van der Waals surface area (Å²) in [5.74, 6) is -1.85. The second kappa shape index (κ2) is 5.97. The van der Waals surface area contributed by atoms with Crippen molar-refractivity contribution in [3.8, 4) is 0 Å². The fourth-order valence-corrected chi connectivity index (χ4v) is 2.15. The average molecular weight is 278 g/mol. The van der Waals surface area contributed by atoms with Gasteiger partial charge in [-0.3, -0.25) is 4.79 Å². The summed E-state index contributed by atoms with van der Waals surface area (Å²) >= 11 is 1.61. The van der Waals surface area contributed by atoms with Crippen molar-refractivity contribution >= 4 is 17.5 Å². The number of hydrogen-bond donors (Lipinski definition) is 0. The zero-order chi connectivity index (χ0) is 13.8. The van der Waals surface area contributed by atoms with Gasteiger partial charge in [-0.2, -0.15) is 0 Å². The van der Waals surface area contributed by atoms with Gasteiger partial charge in [0.1, 0.15) is 11.6 Å². The summed E-state index contributed by atoms with van der Waals surface area (Å²) in [5, 5.41) is 0. The Bertz CT molecular complexity index is 594. The molecule has 0 aliphatic rings. The molecular weight excluding hydrogens is 266 g/mol. The van der Waals surface area contributed by atoms with Gasteiger partial charge in [0.05, 0.1) is 5.56 Å². The van der Waals surface area contributed by atoms with Crippen LogP contribution in [0.25, 0.3) is 0 Å². The first-order chi connectivity index (χ1) is 9.10. The minimum absolute atomic E-state index is 0.0738. The van der Waals surface area contributed by atoms with Gasteiger partial charge in [0.25, 0.3) is 0 Å². The third-order valence-electron chi connectivity index (χ3n) is 2.76. The Morgan fingerprint density at radius 3 is 2.37 bits per heavy atom. The van der Waals surface area contributed by atoms with E-state index in [2.05, 4.69) is 0 Å². The van der Waals surface area contributed by atoms with Crippen LogP contribution in [0.5, 0.6) is 0 Å². The molecule has 2 rings (SSSR count). The lowest BCUT2D eigenvalue weighted by Crippen LogP contribution is -2.06. The molecule has 0 aliphatic carbocycles. The normalized spacial score (nSPS) is 10.5. The number of benzene rings is 2. The van der Waals surface area contributed by atoms with E-state index in [4.69, 9.17) is 0 Å². The molecule has 0 unspecified atom stereocenters. The lowest BCUT2D eigenvalue weighted by Gasteiger charge is -2.04. The molecular formula is C15H12F2OS. The van der Waals surface area contributed by atoms with Crippen LogP contribution in [0, 0.1) is 11.6 Å². The molecule has 2 aromatic rings. The van der Waals surface area contributed by atoms with E-state index in [1.165, 1.54) is 6.07 Å². The third kappa shape index (κ3) is 3.41. The molecule has 0 heterocycles. The van der Waals surface area contributed by atoms with Crippen molar-refractivity contribution in [1.29, 1.82) is 0 Å². The van der Waals surface area contributed by atoms with Crippen LogP contribution < -0.4 is 0 Å². The highest BCUT2D eigenvalue weighted by molar-refractivity contribution is 7.98. The zero-order valence-corrected chi connectivity index (χ0v) is 11.1. The molecule has 0 saturated heterocycles. The topological polar surface area (TPSA) is 17.1 Å². The van der Waals surface area contributed by atoms with Crippen molar-refractivity contribution in [2.45, 2.75) is 11.3 Å². The van der Waals surface area contributed by atoms with Gasteiger partial charge in [0, 0.05) is 17.4 Å². The summed E-state index contributed by atoms with van der Waals surface area (Å²) in [6.07, 6.45) is 2.07. The quantitative estimate of drug-likeness (QED) is 0.618. The highest BCUT2D eigenvalue weighted by Gasteiger charge is 2.13. The standard InChI is InChI=1S/C15H12F2OS/c1-19-12-5-2-10(3-6-12)8-15(18)13-7-4-11(16)9-14(13)17/h2-7,9H,8H2,1H3. The molecule has 0 radical (unpaired) electrons. The van der Waals surface area contributed by atoms with Crippen LogP contribution in [-0.2, 0) is 6.42 Å². The van der Waals surface area contributed by atoms with Gasteiger partial charge >= 0.3 is 0 Å². The van der Waals surface area contributed by atoms with Crippen LogP contribution in [0.1, 0.15) is 15.9 Å². The number of Topliss-reactive ketones (excluding diaryl/α,β-unsaturated/α-hetero) is 1. The molecule has 19 heavy (non-hydrogen) atoms. The van der Waals surface area contributed by atoms with E-state index in [0.29, 0.717) is 0 Å². The van der Waals surface area contributed by atoms with E-state index >= 15 is 0 Å². The largest absolute Gasteiger partial charge is 0.294 e. The molecule has 2 aromatic carbocycles. The number of rotatable bonds is 4. The molecule has 0 atom stereocenters. The van der Waals surface area contributed by atoms with Crippen molar-refractivity contribution in [3.05, 3.63) is 65.2 Å². The number of hydrogen-bond acceptors (Lipinski definition) is 2. The predicted molar refractivity (Wildman–Crippen MR) is 72.6 cm³/mol. The van der Waals surface area contributed by atoms with Crippen LogP contribution in [0.15, 0.2) is 47.4 Å². The van der Waals surface area contributed by atoms with E-state index in [1.807, 2.05) is 30.5 Å². The Morgan fingerprint density at radius 1 is 1.11 bits per heavy atom. The minimum atomic E-state index is -0.814. The lowest BCUT2D eigenvalue weighted by atomic mass is 10.0. The first-order valence-electron chi connectivity index (χ1n) is 5.71. The molecule has 0 saturated carbocycles. The molecule has 0 N–H and O–H groups in total. The zero-order valence-electron chi connectivity index (χ0n) is 10.3. The second-order valence-electron chi connectivity index (χ2n) is 4.07. The summed E-state index contributed by atoms with van der Waals surface area (Å²) in [5.41, 5.74) is 0.738. The maximum Gasteiger partial charge on any atom is 0.170 e. The minimum Gasteiger partial charge on any atom is -0.294 e. The highest BCUT2D eigenvalue weighted by Crippen LogP contribution is 2.17. The monoisotopic (exact) mass is 278 g/mol. The van der Waals surface area contributed by atoms with Gasteiger partial charge in [-0.1, -0.05) is 12.1 Å². The van der Waals surface area contributed by atoms with Gasteiger partial charge in [-0.05, 0) is 36.1 Å². The fraction of sp³-hybridized carbons (Fsp3) is 0.133. The summed E-state index contributed by atoms with van der Waals surface area (Å²) < 4.78 is 26.2. The molecule has 0 aliphatic heterocycles. The molecule has 0 spiro atoms. The molecule has 0 aromatic heterocycles. The van der Waals surface area contributed by atoms with E-state index < -0.39 is 11.6 Å². The van der Waals surface area contributed by atoms with Crippen LogP contribution in [-0.4, -0.2) is 12.0 Å². The Labute approximate surface area is 114 Å². The summed E-state index contributed by atoms with van der Waals surface area (Å²) in [6, 6.07) is 10.5. The van der Waals surface area contributed by atoms with Crippen LogP contribution in [0.3, 0.4) is 0 Å². The summed E-state index contributed by atoms with van der Waals surface area (Å²) in [4.78, 5) is 13.0. The smallest absolute Gasteiger partial charge is 0.170 e. The Kier molecular flexibility index (Phi) is 4.32. The fourth-order valence-electron chi connectivity index (χ4n) is 1.74. The molecule has 0 bridgehead atoms. The number of halogens is 2. The Hall–Kier alpha value is -1.68. The van der Waals surface area contributed by atoms with Crippen molar-refractivity contribution in [1.82, 2.24) is 0 Å². The molecule has 98 valence electrons. The van der Waals surface area contributed by atoms with E-state index in [9.17, 15) is 13.6 Å². The number of thioether (sulfide) groups is 1. The highest BCUT2D eigenvalue weighted by atomic mass is 32.2. The molecule has 0 amide bonds. The van der Waals surface area contributed by atoms with Crippen LogP contribution in [0.4, 0.5) is 8.78 Å². The van der Waals surface area contributed by atoms with Crippen LogP contribution in [0.2, 0.25) is 0 Å². The van der Waals surface area contributed by atoms with Gasteiger partial charge in [0.2, 0.25) is 0 Å². The molecule has 1 nitrogen and oxygen atoms in total. The Balaban J connectivity index is 2.15. The molecule has 0 fully saturated rings. The SMILES string of the molecule is CSc1ccc(CC(=O)c2ccc(F)cc2F)cc1. The third-order valence-corrected chi connectivity index (χ3v) is 3.50. The van der Waals surface area contributed by atoms with Crippen molar-refractivity contribution in [2.24, 2.45) is 0 Å². The average Bonchev–Trinajstić information content (AvgIpc) is 2.39. The first kappa shape index (κ1) is 13.7. The van der Waals surface area contributed by atoms with Crippen molar-refractivity contribution < 1.29 is 13.6 Å². The van der Waals surface area contributed by atoms with Crippen LogP contribution >= 0.6 is 11.8 Å². The van der Waals surface area contributed by atoms with Crippen molar-refractivity contribution in [2.75, 3.05) is 6.26 Å². The maximum atomic E-state index is 13.5. The first-order valence-corrected chi connectivity index (χ1v) is 6.94. The second-order valence-corrected chi connectivity index (χ2v) is 4.95. The molecule has 4 heteroatoms.